The lowest BCUT2D eigenvalue weighted by molar-refractivity contribution is -0.142. The zero-order valence-corrected chi connectivity index (χ0v) is 16.2. The number of halogens is 2. The third kappa shape index (κ3) is 6.58. The van der Waals surface area contributed by atoms with Crippen molar-refractivity contribution in [2.24, 2.45) is 0 Å². The summed E-state index contributed by atoms with van der Waals surface area (Å²) in [6.45, 7) is 4.96. The van der Waals surface area contributed by atoms with Crippen LogP contribution < -0.4 is 5.32 Å². The Bertz CT molecular complexity index is 717. The number of ether oxygens (including phenoxy) is 2. The van der Waals surface area contributed by atoms with Gasteiger partial charge < -0.3 is 19.7 Å². The first-order chi connectivity index (χ1) is 13.5. The van der Waals surface area contributed by atoms with Gasteiger partial charge in [-0.2, -0.15) is 0 Å². The van der Waals surface area contributed by atoms with E-state index >= 15 is 0 Å². The van der Waals surface area contributed by atoms with Crippen LogP contribution in [0.1, 0.15) is 19.4 Å². The normalized spacial score (nSPS) is 10.9. The molecule has 28 heavy (non-hydrogen) atoms. The molecule has 2 aromatic carbocycles. The topological polar surface area (TPSA) is 50.8 Å². The third-order valence-electron chi connectivity index (χ3n) is 4.07. The van der Waals surface area contributed by atoms with E-state index in [9.17, 15) is 13.6 Å². The number of para-hydroxylation sites is 1. The Labute approximate surface area is 164 Å². The number of hydrogen-bond acceptors (Lipinski definition) is 3. The van der Waals surface area contributed by atoms with Gasteiger partial charge in [0, 0.05) is 19.8 Å². The Morgan fingerprint density at radius 2 is 1.61 bits per heavy atom. The van der Waals surface area contributed by atoms with Crippen molar-refractivity contribution in [1.29, 1.82) is 0 Å². The molecule has 0 aliphatic heterocycles. The molecule has 0 saturated carbocycles. The highest BCUT2D eigenvalue weighted by Gasteiger charge is 2.22. The average molecular weight is 392 g/mol. The van der Waals surface area contributed by atoms with Gasteiger partial charge in [-0.05, 0) is 38.0 Å². The second-order valence-corrected chi connectivity index (χ2v) is 6.05. The molecule has 0 aromatic heterocycles. The van der Waals surface area contributed by atoms with Crippen LogP contribution >= 0.6 is 0 Å². The largest absolute Gasteiger partial charge is 0.351 e. The van der Waals surface area contributed by atoms with Crippen LogP contribution in [-0.2, 0) is 15.9 Å². The smallest absolute Gasteiger partial charge is 0.322 e. The number of nitrogens with one attached hydrogen (secondary N) is 1. The molecule has 0 radical (unpaired) electrons. The van der Waals surface area contributed by atoms with Crippen LogP contribution in [0.5, 0.6) is 0 Å². The number of hydrogen-bond donors (Lipinski definition) is 1. The molecule has 0 unspecified atom stereocenters. The maximum atomic E-state index is 13.9. The van der Waals surface area contributed by atoms with Crippen molar-refractivity contribution in [3.63, 3.8) is 0 Å². The van der Waals surface area contributed by atoms with Gasteiger partial charge in [-0.3, -0.25) is 0 Å². The lowest BCUT2D eigenvalue weighted by atomic mass is 10.1. The SMILES string of the molecule is CCOC(CN(CCc1ccccc1)C(=O)Nc1c(F)cccc1F)OCC. The summed E-state index contributed by atoms with van der Waals surface area (Å²) >= 11 is 0. The molecule has 0 saturated heterocycles. The number of carbonyl (C=O) groups is 1. The van der Waals surface area contributed by atoms with Gasteiger partial charge in [0.1, 0.15) is 17.3 Å². The number of rotatable bonds is 10. The van der Waals surface area contributed by atoms with Crippen LogP contribution in [-0.4, -0.2) is 43.5 Å². The molecule has 2 aromatic rings. The molecule has 1 N–H and O–H groups in total. The number of anilines is 1. The summed E-state index contributed by atoms with van der Waals surface area (Å²) in [5.41, 5.74) is 0.573. The second kappa shape index (κ2) is 11.4. The van der Waals surface area contributed by atoms with Crippen molar-refractivity contribution < 1.29 is 23.0 Å². The van der Waals surface area contributed by atoms with Gasteiger partial charge in [0.15, 0.2) is 6.29 Å². The first-order valence-electron chi connectivity index (χ1n) is 9.32. The van der Waals surface area contributed by atoms with Crippen LogP contribution in [0.25, 0.3) is 0 Å². The maximum Gasteiger partial charge on any atom is 0.322 e. The van der Waals surface area contributed by atoms with Crippen molar-refractivity contribution in [3.8, 4) is 0 Å². The van der Waals surface area contributed by atoms with Gasteiger partial charge in [-0.25, -0.2) is 13.6 Å². The predicted octanol–water partition coefficient (Wildman–Crippen LogP) is 4.44. The minimum absolute atomic E-state index is 0.135. The molecule has 0 fully saturated rings. The zero-order chi connectivity index (χ0) is 20.4. The number of amides is 2. The summed E-state index contributed by atoms with van der Waals surface area (Å²) in [6.07, 6.45) is -0.0408. The monoisotopic (exact) mass is 392 g/mol. The van der Waals surface area contributed by atoms with E-state index < -0.39 is 29.6 Å². The fraction of sp³-hybridized carbons (Fsp3) is 0.381. The van der Waals surface area contributed by atoms with Gasteiger partial charge in [0.25, 0.3) is 0 Å². The Hall–Kier alpha value is -2.51. The molecule has 0 aliphatic carbocycles. The number of urea groups is 1. The predicted molar refractivity (Wildman–Crippen MR) is 104 cm³/mol. The summed E-state index contributed by atoms with van der Waals surface area (Å²) < 4.78 is 38.9. The van der Waals surface area contributed by atoms with E-state index in [1.165, 1.54) is 11.0 Å². The Morgan fingerprint density at radius 1 is 1.00 bits per heavy atom. The fourth-order valence-corrected chi connectivity index (χ4v) is 2.69. The van der Waals surface area contributed by atoms with Crippen molar-refractivity contribution >= 4 is 11.7 Å². The summed E-state index contributed by atoms with van der Waals surface area (Å²) in [7, 11) is 0. The Kier molecular flexibility index (Phi) is 8.84. The van der Waals surface area contributed by atoms with Crippen LogP contribution in [0.15, 0.2) is 48.5 Å². The molecule has 2 amide bonds. The summed E-state index contributed by atoms with van der Waals surface area (Å²) in [4.78, 5) is 14.2. The molecule has 0 atom stereocenters. The lowest BCUT2D eigenvalue weighted by Gasteiger charge is -2.28. The van der Waals surface area contributed by atoms with Crippen molar-refractivity contribution in [2.45, 2.75) is 26.6 Å². The van der Waals surface area contributed by atoms with E-state index in [-0.39, 0.29) is 6.54 Å². The second-order valence-electron chi connectivity index (χ2n) is 6.05. The Balaban J connectivity index is 2.14. The fourth-order valence-electron chi connectivity index (χ4n) is 2.69. The highest BCUT2D eigenvalue weighted by atomic mass is 19.1. The van der Waals surface area contributed by atoms with E-state index in [0.29, 0.717) is 26.2 Å². The standard InChI is InChI=1S/C21H26F2N2O3/c1-3-27-19(28-4-2)15-25(14-13-16-9-6-5-7-10-16)21(26)24-20-17(22)11-8-12-18(20)23/h5-12,19H,3-4,13-15H2,1-2H3,(H,24,26). The van der Waals surface area contributed by atoms with Crippen molar-refractivity contribution in [3.05, 3.63) is 65.7 Å². The maximum absolute atomic E-state index is 13.9. The van der Waals surface area contributed by atoms with Crippen LogP contribution in [0.2, 0.25) is 0 Å². The van der Waals surface area contributed by atoms with E-state index in [2.05, 4.69) is 5.32 Å². The molecule has 0 bridgehead atoms. The van der Waals surface area contributed by atoms with E-state index in [4.69, 9.17) is 9.47 Å². The van der Waals surface area contributed by atoms with Gasteiger partial charge in [-0.15, -0.1) is 0 Å². The summed E-state index contributed by atoms with van der Waals surface area (Å²) in [6, 6.07) is 12.5. The number of carbonyl (C=O) groups excluding carboxylic acids is 1. The molecular formula is C21H26F2N2O3. The summed E-state index contributed by atoms with van der Waals surface area (Å²) in [5.74, 6) is -1.66. The first kappa shape index (κ1) is 21.8. The van der Waals surface area contributed by atoms with Crippen LogP contribution in [0.3, 0.4) is 0 Å². The van der Waals surface area contributed by atoms with E-state index in [0.717, 1.165) is 17.7 Å². The minimum atomic E-state index is -0.831. The molecule has 2 rings (SSSR count). The van der Waals surface area contributed by atoms with Crippen LogP contribution in [0, 0.1) is 11.6 Å². The van der Waals surface area contributed by atoms with E-state index in [1.807, 2.05) is 44.2 Å². The van der Waals surface area contributed by atoms with Gasteiger partial charge in [-0.1, -0.05) is 36.4 Å². The van der Waals surface area contributed by atoms with Gasteiger partial charge >= 0.3 is 6.03 Å². The highest BCUT2D eigenvalue weighted by molar-refractivity contribution is 5.89. The molecule has 0 heterocycles. The summed E-state index contributed by atoms with van der Waals surface area (Å²) in [5, 5.41) is 2.33. The van der Waals surface area contributed by atoms with Crippen LogP contribution in [0.4, 0.5) is 19.3 Å². The Morgan fingerprint density at radius 3 is 2.18 bits per heavy atom. The van der Waals surface area contributed by atoms with Gasteiger partial charge in [0.2, 0.25) is 0 Å². The molecule has 0 spiro atoms. The average Bonchev–Trinajstić information content (AvgIpc) is 2.69. The first-order valence-corrected chi connectivity index (χ1v) is 9.32. The number of nitrogens with zero attached hydrogens (tertiary/aromatic N) is 1. The van der Waals surface area contributed by atoms with Gasteiger partial charge in [0.05, 0.1) is 6.54 Å². The minimum Gasteiger partial charge on any atom is -0.351 e. The van der Waals surface area contributed by atoms with Crippen molar-refractivity contribution in [2.75, 3.05) is 31.6 Å². The molecule has 5 nitrogen and oxygen atoms in total. The molecule has 152 valence electrons. The molecule has 0 aliphatic rings. The van der Waals surface area contributed by atoms with E-state index in [1.54, 1.807) is 0 Å². The third-order valence-corrected chi connectivity index (χ3v) is 4.07. The molecular weight excluding hydrogens is 366 g/mol. The number of benzene rings is 2. The molecule has 7 heteroatoms. The zero-order valence-electron chi connectivity index (χ0n) is 16.2. The van der Waals surface area contributed by atoms with Crippen molar-refractivity contribution in [1.82, 2.24) is 4.90 Å². The quantitative estimate of drug-likeness (QED) is 0.608. The highest BCUT2D eigenvalue weighted by Crippen LogP contribution is 2.19. The lowest BCUT2D eigenvalue weighted by Crippen LogP contribution is -2.43.